The molecule has 0 radical (unpaired) electrons. The molecule has 3 N–H and O–H groups in total. The Hall–Kier alpha value is -3.26. The van der Waals surface area contributed by atoms with E-state index in [1.807, 2.05) is 6.07 Å². The maximum absolute atomic E-state index is 12.5. The van der Waals surface area contributed by atoms with Crippen molar-refractivity contribution in [3.63, 3.8) is 0 Å². The van der Waals surface area contributed by atoms with Gasteiger partial charge in [0.1, 0.15) is 5.15 Å². The molecule has 0 saturated carbocycles. The van der Waals surface area contributed by atoms with E-state index in [2.05, 4.69) is 20.4 Å². The fourth-order valence-corrected chi connectivity index (χ4v) is 2.40. The Morgan fingerprint density at radius 2 is 2.04 bits per heavy atom. The van der Waals surface area contributed by atoms with Gasteiger partial charge in [0.15, 0.2) is 11.5 Å². The van der Waals surface area contributed by atoms with Crippen molar-refractivity contribution in [3.8, 4) is 5.82 Å². The largest absolute Gasteiger partial charge is 0.364 e. The van der Waals surface area contributed by atoms with E-state index in [9.17, 15) is 9.59 Å². The lowest BCUT2D eigenvalue weighted by atomic mass is 10.2. The molecule has 126 valence electrons. The van der Waals surface area contributed by atoms with Gasteiger partial charge >= 0.3 is 0 Å². The summed E-state index contributed by atoms with van der Waals surface area (Å²) in [6, 6.07) is 8.30. The number of carbonyl (C=O) groups excluding carboxylic acids is 2. The first kappa shape index (κ1) is 16.6. The fraction of sp³-hybridized carbons (Fsp3) is 0.0625. The summed E-state index contributed by atoms with van der Waals surface area (Å²) in [6.45, 7) is 1.74. The number of anilines is 1. The Labute approximate surface area is 147 Å². The molecule has 3 heterocycles. The van der Waals surface area contributed by atoms with Gasteiger partial charge in [-0.3, -0.25) is 9.59 Å². The normalized spacial score (nSPS) is 10.5. The summed E-state index contributed by atoms with van der Waals surface area (Å²) in [5.74, 6) is -0.657. The number of primary amides is 1. The van der Waals surface area contributed by atoms with Crippen LogP contribution >= 0.6 is 11.6 Å². The van der Waals surface area contributed by atoms with E-state index in [1.165, 1.54) is 18.3 Å². The van der Waals surface area contributed by atoms with Crippen molar-refractivity contribution in [1.82, 2.24) is 19.7 Å². The first-order chi connectivity index (χ1) is 12.0. The number of carbonyl (C=O) groups is 2. The van der Waals surface area contributed by atoms with E-state index in [-0.39, 0.29) is 16.5 Å². The number of nitrogens with one attached hydrogen (secondary N) is 1. The van der Waals surface area contributed by atoms with Gasteiger partial charge < -0.3 is 11.1 Å². The maximum Gasteiger partial charge on any atom is 0.269 e. The van der Waals surface area contributed by atoms with Crippen LogP contribution in [0.2, 0.25) is 5.15 Å². The number of hydrogen-bond acceptors (Lipinski definition) is 5. The second-order valence-corrected chi connectivity index (χ2v) is 5.48. The van der Waals surface area contributed by atoms with E-state index in [0.29, 0.717) is 17.1 Å². The molecule has 0 unspecified atom stereocenters. The number of halogens is 1. The summed E-state index contributed by atoms with van der Waals surface area (Å²) in [4.78, 5) is 32.1. The van der Waals surface area contributed by atoms with E-state index in [0.717, 1.165) is 0 Å². The van der Waals surface area contributed by atoms with Crippen LogP contribution in [-0.2, 0) is 0 Å². The molecule has 0 aliphatic carbocycles. The van der Waals surface area contributed by atoms with Gasteiger partial charge in [0, 0.05) is 6.20 Å². The molecular weight excluding hydrogens is 344 g/mol. The molecule has 3 rings (SSSR count). The predicted molar refractivity (Wildman–Crippen MR) is 91.8 cm³/mol. The highest BCUT2D eigenvalue weighted by molar-refractivity contribution is 6.29. The zero-order valence-corrected chi connectivity index (χ0v) is 13.9. The number of pyridine rings is 2. The summed E-state index contributed by atoms with van der Waals surface area (Å²) in [7, 11) is 0. The molecule has 3 aromatic heterocycles. The van der Waals surface area contributed by atoms with Crippen molar-refractivity contribution in [3.05, 3.63) is 64.8 Å². The monoisotopic (exact) mass is 356 g/mol. The van der Waals surface area contributed by atoms with Gasteiger partial charge in [0.2, 0.25) is 0 Å². The summed E-state index contributed by atoms with van der Waals surface area (Å²) < 4.78 is 1.55. The van der Waals surface area contributed by atoms with Gasteiger partial charge in [-0.25, -0.2) is 14.6 Å². The quantitative estimate of drug-likeness (QED) is 0.693. The first-order valence-electron chi connectivity index (χ1n) is 7.21. The van der Waals surface area contributed by atoms with Crippen LogP contribution in [0.15, 0.2) is 42.7 Å². The average Bonchev–Trinajstić information content (AvgIpc) is 2.98. The Balaban J connectivity index is 1.91. The van der Waals surface area contributed by atoms with Gasteiger partial charge in [0.25, 0.3) is 11.8 Å². The Morgan fingerprint density at radius 1 is 1.24 bits per heavy atom. The molecule has 0 aromatic carbocycles. The van der Waals surface area contributed by atoms with Crippen molar-refractivity contribution < 1.29 is 9.59 Å². The second-order valence-electron chi connectivity index (χ2n) is 5.09. The lowest BCUT2D eigenvalue weighted by Crippen LogP contribution is -2.20. The molecule has 0 aliphatic heterocycles. The van der Waals surface area contributed by atoms with Crippen LogP contribution in [0.4, 0.5) is 5.69 Å². The SMILES string of the molecule is Cc1c(C(=O)Nc2ccc(Cl)nc2C(N)=O)cnn1-c1ccccn1. The summed E-state index contributed by atoms with van der Waals surface area (Å²) in [5, 5.41) is 6.89. The highest BCUT2D eigenvalue weighted by Crippen LogP contribution is 2.19. The van der Waals surface area contributed by atoms with Crippen LogP contribution in [0.1, 0.15) is 26.5 Å². The van der Waals surface area contributed by atoms with Gasteiger partial charge in [-0.1, -0.05) is 17.7 Å². The highest BCUT2D eigenvalue weighted by Gasteiger charge is 2.19. The van der Waals surface area contributed by atoms with Crippen LogP contribution in [0.25, 0.3) is 5.82 Å². The van der Waals surface area contributed by atoms with E-state index in [1.54, 1.807) is 29.9 Å². The lowest BCUT2D eigenvalue weighted by molar-refractivity contribution is 0.0996. The van der Waals surface area contributed by atoms with Crippen molar-refractivity contribution >= 4 is 29.1 Å². The highest BCUT2D eigenvalue weighted by atomic mass is 35.5. The molecule has 3 aromatic rings. The fourth-order valence-electron chi connectivity index (χ4n) is 2.26. The van der Waals surface area contributed by atoms with Gasteiger partial charge in [0.05, 0.1) is 23.1 Å². The Kier molecular flexibility index (Phi) is 4.44. The first-order valence-corrected chi connectivity index (χ1v) is 7.59. The predicted octanol–water partition coefficient (Wildman–Crippen LogP) is 1.98. The molecule has 0 fully saturated rings. The average molecular weight is 357 g/mol. The maximum atomic E-state index is 12.5. The van der Waals surface area contributed by atoms with Gasteiger partial charge in [-0.05, 0) is 31.2 Å². The van der Waals surface area contributed by atoms with Crippen LogP contribution in [0, 0.1) is 6.92 Å². The van der Waals surface area contributed by atoms with Crippen LogP contribution in [-0.4, -0.2) is 31.6 Å². The minimum atomic E-state index is -0.793. The third-order valence-electron chi connectivity index (χ3n) is 3.46. The third-order valence-corrected chi connectivity index (χ3v) is 3.67. The standard InChI is InChI=1S/C16H13ClN6O2/c1-9-10(8-20-23(9)13-4-2-3-7-19-13)16(25)21-11-5-6-12(17)22-14(11)15(18)24/h2-8H,1H3,(H2,18,24)(H,21,25). The van der Waals surface area contributed by atoms with Crippen LogP contribution < -0.4 is 11.1 Å². The summed E-state index contributed by atoms with van der Waals surface area (Å²) >= 11 is 5.76. The number of rotatable bonds is 4. The van der Waals surface area contributed by atoms with Crippen molar-refractivity contribution in [2.45, 2.75) is 6.92 Å². The van der Waals surface area contributed by atoms with Crippen molar-refractivity contribution in [1.29, 1.82) is 0 Å². The van der Waals surface area contributed by atoms with E-state index >= 15 is 0 Å². The number of nitrogens with zero attached hydrogens (tertiary/aromatic N) is 4. The number of hydrogen-bond donors (Lipinski definition) is 2. The van der Waals surface area contributed by atoms with E-state index in [4.69, 9.17) is 17.3 Å². The molecule has 2 amide bonds. The second kappa shape index (κ2) is 6.70. The molecule has 0 spiro atoms. The molecule has 8 nitrogen and oxygen atoms in total. The molecule has 0 atom stereocenters. The minimum absolute atomic E-state index is 0.103. The lowest BCUT2D eigenvalue weighted by Gasteiger charge is -2.08. The molecule has 0 bridgehead atoms. The van der Waals surface area contributed by atoms with E-state index < -0.39 is 11.8 Å². The van der Waals surface area contributed by atoms with Gasteiger partial charge in [-0.2, -0.15) is 5.10 Å². The number of nitrogens with two attached hydrogens (primary N) is 1. The molecule has 9 heteroatoms. The molecule has 25 heavy (non-hydrogen) atoms. The zero-order chi connectivity index (χ0) is 18.0. The number of amides is 2. The minimum Gasteiger partial charge on any atom is -0.364 e. The van der Waals surface area contributed by atoms with Gasteiger partial charge in [-0.15, -0.1) is 0 Å². The van der Waals surface area contributed by atoms with Crippen molar-refractivity contribution in [2.75, 3.05) is 5.32 Å². The molecule has 0 saturated heterocycles. The Morgan fingerprint density at radius 3 is 2.72 bits per heavy atom. The third kappa shape index (κ3) is 3.33. The summed E-state index contributed by atoms with van der Waals surface area (Å²) in [6.07, 6.45) is 3.06. The topological polar surface area (TPSA) is 116 Å². The smallest absolute Gasteiger partial charge is 0.269 e. The molecular formula is C16H13ClN6O2. The summed E-state index contributed by atoms with van der Waals surface area (Å²) in [5.41, 5.74) is 6.26. The zero-order valence-electron chi connectivity index (χ0n) is 13.1. The van der Waals surface area contributed by atoms with Crippen LogP contribution in [0.3, 0.4) is 0 Å². The van der Waals surface area contributed by atoms with Crippen molar-refractivity contribution in [2.24, 2.45) is 5.73 Å². The van der Waals surface area contributed by atoms with Crippen LogP contribution in [0.5, 0.6) is 0 Å². The Bertz CT molecular complexity index is 955. The number of aromatic nitrogens is 4. The molecule has 0 aliphatic rings.